The number of nitrogens with zero attached hydrogens (tertiary/aromatic N) is 1. The highest BCUT2D eigenvalue weighted by atomic mass is 32.2. The molecule has 27 heavy (non-hydrogen) atoms. The van der Waals surface area contributed by atoms with Gasteiger partial charge in [0.1, 0.15) is 10.7 Å². The zero-order valence-electron chi connectivity index (χ0n) is 14.2. The number of aromatic nitrogens is 1. The standard InChI is InChI=1S/C18H17N3O3S3/c22-17(16-11-26-18(21-16)13-7-8-25-10-13)20-14-3-5-15(6-4-14)27(23,24)19-9-12-1-2-12/h3-8,10-12,19H,1-2,9H2,(H,20,22). The Morgan fingerprint density at radius 3 is 2.59 bits per heavy atom. The lowest BCUT2D eigenvalue weighted by atomic mass is 10.3. The van der Waals surface area contributed by atoms with E-state index in [0.717, 1.165) is 23.4 Å². The maximum Gasteiger partial charge on any atom is 0.275 e. The molecule has 1 amide bonds. The van der Waals surface area contributed by atoms with Crippen molar-refractivity contribution in [2.45, 2.75) is 17.7 Å². The minimum Gasteiger partial charge on any atom is -0.321 e. The Morgan fingerprint density at radius 1 is 1.15 bits per heavy atom. The van der Waals surface area contributed by atoms with Crippen molar-refractivity contribution < 1.29 is 13.2 Å². The lowest BCUT2D eigenvalue weighted by Gasteiger charge is -2.08. The fraction of sp³-hybridized carbons (Fsp3) is 0.222. The first-order valence-corrected chi connectivity index (χ1v) is 11.7. The van der Waals surface area contributed by atoms with Gasteiger partial charge < -0.3 is 5.32 Å². The third-order valence-corrected chi connectivity index (χ3v) is 7.20. The van der Waals surface area contributed by atoms with Crippen LogP contribution in [0.2, 0.25) is 0 Å². The Hall–Kier alpha value is -2.07. The van der Waals surface area contributed by atoms with Crippen LogP contribution in [0.15, 0.2) is 51.4 Å². The van der Waals surface area contributed by atoms with Gasteiger partial charge in [0.15, 0.2) is 0 Å². The van der Waals surface area contributed by atoms with Gasteiger partial charge in [-0.1, -0.05) is 0 Å². The number of amides is 1. The third-order valence-electron chi connectivity index (χ3n) is 4.19. The zero-order valence-corrected chi connectivity index (χ0v) is 16.7. The first-order valence-electron chi connectivity index (χ1n) is 8.40. The molecule has 0 saturated heterocycles. The molecule has 1 aromatic carbocycles. The highest BCUT2D eigenvalue weighted by molar-refractivity contribution is 7.89. The van der Waals surface area contributed by atoms with Crippen molar-refractivity contribution in [1.82, 2.24) is 9.71 Å². The molecule has 1 saturated carbocycles. The van der Waals surface area contributed by atoms with E-state index in [9.17, 15) is 13.2 Å². The maximum absolute atomic E-state index is 12.4. The largest absolute Gasteiger partial charge is 0.321 e. The fourth-order valence-electron chi connectivity index (χ4n) is 2.44. The minimum atomic E-state index is -3.51. The van der Waals surface area contributed by atoms with Crippen LogP contribution >= 0.6 is 22.7 Å². The van der Waals surface area contributed by atoms with E-state index in [1.807, 2.05) is 16.8 Å². The first kappa shape index (κ1) is 18.3. The second kappa shape index (κ2) is 7.51. The van der Waals surface area contributed by atoms with Gasteiger partial charge in [0, 0.05) is 28.6 Å². The van der Waals surface area contributed by atoms with Crippen molar-refractivity contribution in [1.29, 1.82) is 0 Å². The van der Waals surface area contributed by atoms with Gasteiger partial charge in [-0.3, -0.25) is 4.79 Å². The summed E-state index contributed by atoms with van der Waals surface area (Å²) in [6, 6.07) is 8.10. The van der Waals surface area contributed by atoms with Crippen LogP contribution in [0.25, 0.3) is 10.6 Å². The molecule has 2 heterocycles. The molecule has 3 aromatic rings. The molecule has 0 spiro atoms. The summed E-state index contributed by atoms with van der Waals surface area (Å²) in [4.78, 5) is 16.9. The van der Waals surface area contributed by atoms with E-state index in [0.29, 0.717) is 23.8 Å². The zero-order chi connectivity index (χ0) is 18.9. The number of thiazole rings is 1. The van der Waals surface area contributed by atoms with Gasteiger partial charge >= 0.3 is 0 Å². The summed E-state index contributed by atoms with van der Waals surface area (Å²) < 4.78 is 27.1. The Morgan fingerprint density at radius 2 is 1.93 bits per heavy atom. The van der Waals surface area contributed by atoms with Gasteiger partial charge in [0.25, 0.3) is 5.91 Å². The van der Waals surface area contributed by atoms with Crippen LogP contribution in [-0.2, 0) is 10.0 Å². The van der Waals surface area contributed by atoms with Crippen LogP contribution in [0, 0.1) is 5.92 Å². The van der Waals surface area contributed by atoms with Crippen molar-refractivity contribution in [2.75, 3.05) is 11.9 Å². The van der Waals surface area contributed by atoms with E-state index in [2.05, 4.69) is 15.0 Å². The maximum atomic E-state index is 12.4. The molecule has 0 unspecified atom stereocenters. The van der Waals surface area contributed by atoms with Crippen LogP contribution in [-0.4, -0.2) is 25.9 Å². The van der Waals surface area contributed by atoms with Crippen molar-refractivity contribution >= 4 is 44.3 Å². The number of rotatable bonds is 7. The summed E-state index contributed by atoms with van der Waals surface area (Å²) in [6.45, 7) is 0.483. The molecule has 0 aliphatic heterocycles. The smallest absolute Gasteiger partial charge is 0.275 e. The number of sulfonamides is 1. The molecule has 0 bridgehead atoms. The number of hydrogen-bond donors (Lipinski definition) is 2. The number of hydrogen-bond acceptors (Lipinski definition) is 6. The molecule has 0 radical (unpaired) electrons. The van der Waals surface area contributed by atoms with Crippen LogP contribution in [0.3, 0.4) is 0 Å². The molecule has 1 fully saturated rings. The molecule has 0 atom stereocenters. The van der Waals surface area contributed by atoms with Crippen LogP contribution in [0.1, 0.15) is 23.3 Å². The molecular weight excluding hydrogens is 402 g/mol. The topological polar surface area (TPSA) is 88.2 Å². The van der Waals surface area contributed by atoms with E-state index in [4.69, 9.17) is 0 Å². The van der Waals surface area contributed by atoms with Crippen molar-refractivity contribution in [3.63, 3.8) is 0 Å². The van der Waals surface area contributed by atoms with Crippen molar-refractivity contribution in [3.05, 3.63) is 52.2 Å². The van der Waals surface area contributed by atoms with E-state index in [1.165, 1.54) is 23.5 Å². The molecule has 9 heteroatoms. The lowest BCUT2D eigenvalue weighted by molar-refractivity contribution is 0.102. The van der Waals surface area contributed by atoms with Gasteiger partial charge in [-0.2, -0.15) is 11.3 Å². The minimum absolute atomic E-state index is 0.189. The van der Waals surface area contributed by atoms with Crippen LogP contribution in [0.5, 0.6) is 0 Å². The molecule has 4 rings (SSSR count). The summed E-state index contributed by atoms with van der Waals surface area (Å²) in [5.41, 5.74) is 1.85. The summed E-state index contributed by atoms with van der Waals surface area (Å²) in [5.74, 6) is 0.144. The number of carbonyl (C=O) groups excluding carboxylic acids is 1. The van der Waals surface area contributed by atoms with Crippen LogP contribution in [0.4, 0.5) is 5.69 Å². The molecule has 1 aliphatic rings. The number of benzene rings is 1. The molecule has 140 valence electrons. The second-order valence-electron chi connectivity index (χ2n) is 6.32. The number of carbonyl (C=O) groups is 1. The van der Waals surface area contributed by atoms with E-state index in [-0.39, 0.29) is 10.8 Å². The van der Waals surface area contributed by atoms with Crippen LogP contribution < -0.4 is 10.0 Å². The monoisotopic (exact) mass is 419 g/mol. The predicted octanol–water partition coefficient (Wildman–Crippen LogP) is 3.81. The summed E-state index contributed by atoms with van der Waals surface area (Å²) in [5, 5.41) is 9.20. The second-order valence-corrected chi connectivity index (χ2v) is 9.73. The van der Waals surface area contributed by atoms with Crippen molar-refractivity contribution in [2.24, 2.45) is 5.92 Å². The highest BCUT2D eigenvalue weighted by Gasteiger charge is 2.24. The average molecular weight is 420 g/mol. The quantitative estimate of drug-likeness (QED) is 0.609. The SMILES string of the molecule is O=C(Nc1ccc(S(=O)(=O)NCC2CC2)cc1)c1csc(-c2ccsc2)n1. The third kappa shape index (κ3) is 4.44. The Bertz CT molecular complexity index is 1040. The summed E-state index contributed by atoms with van der Waals surface area (Å²) in [7, 11) is -3.51. The first-order chi connectivity index (χ1) is 13.0. The van der Waals surface area contributed by atoms with Gasteiger partial charge in [0.05, 0.1) is 4.90 Å². The van der Waals surface area contributed by atoms with E-state index in [1.54, 1.807) is 28.8 Å². The molecule has 1 aliphatic carbocycles. The van der Waals surface area contributed by atoms with Crippen molar-refractivity contribution in [3.8, 4) is 10.6 Å². The van der Waals surface area contributed by atoms with E-state index < -0.39 is 10.0 Å². The van der Waals surface area contributed by atoms with Gasteiger partial charge in [-0.15, -0.1) is 11.3 Å². The normalized spacial score (nSPS) is 14.2. The molecule has 6 nitrogen and oxygen atoms in total. The summed E-state index contributed by atoms with van der Waals surface area (Å²) in [6.07, 6.45) is 2.16. The van der Waals surface area contributed by atoms with E-state index >= 15 is 0 Å². The number of anilines is 1. The van der Waals surface area contributed by atoms with Gasteiger partial charge in [-0.25, -0.2) is 18.1 Å². The molecule has 2 N–H and O–H groups in total. The predicted molar refractivity (Wildman–Crippen MR) is 108 cm³/mol. The molecular formula is C18H17N3O3S3. The number of nitrogens with one attached hydrogen (secondary N) is 2. The lowest BCUT2D eigenvalue weighted by Crippen LogP contribution is -2.25. The Balaban J connectivity index is 1.41. The Labute approximate surface area is 165 Å². The highest BCUT2D eigenvalue weighted by Crippen LogP contribution is 2.28. The average Bonchev–Trinajstić information content (AvgIpc) is 3.11. The van der Waals surface area contributed by atoms with Gasteiger partial charge in [0.2, 0.25) is 10.0 Å². The number of thiophene rings is 1. The van der Waals surface area contributed by atoms with Gasteiger partial charge in [-0.05, 0) is 54.5 Å². The Kier molecular flexibility index (Phi) is 5.09. The molecule has 2 aromatic heterocycles. The fourth-order valence-corrected chi connectivity index (χ4v) is 5.07. The summed E-state index contributed by atoms with van der Waals surface area (Å²) >= 11 is 2.99.